The normalized spacial score (nSPS) is 11.9. The number of nitriles is 1. The summed E-state index contributed by atoms with van der Waals surface area (Å²) >= 11 is 1.71. The van der Waals surface area contributed by atoms with Gasteiger partial charge in [-0.2, -0.15) is 5.26 Å². The Kier molecular flexibility index (Phi) is 5.76. The zero-order chi connectivity index (χ0) is 15.1. The first-order chi connectivity index (χ1) is 10.2. The van der Waals surface area contributed by atoms with Crippen molar-refractivity contribution >= 4 is 11.3 Å². The Labute approximate surface area is 128 Å². The number of aliphatic hydroxyl groups is 1. The number of nitrogens with zero attached hydrogens (tertiary/aromatic N) is 1. The number of hydrogen-bond acceptors (Lipinski definition) is 5. The molecule has 0 saturated heterocycles. The summed E-state index contributed by atoms with van der Waals surface area (Å²) in [6.07, 6.45) is -0.587. The van der Waals surface area contributed by atoms with Crippen LogP contribution in [0.15, 0.2) is 35.7 Å². The molecule has 0 amide bonds. The maximum Gasteiger partial charge on any atom is 0.120 e. The molecule has 0 spiro atoms. The first kappa shape index (κ1) is 15.5. The topological polar surface area (TPSA) is 65.3 Å². The van der Waals surface area contributed by atoms with Crippen molar-refractivity contribution in [2.24, 2.45) is 0 Å². The lowest BCUT2D eigenvalue weighted by Crippen LogP contribution is -2.31. The molecule has 2 rings (SSSR count). The number of nitrogens with one attached hydrogen (secondary N) is 1. The monoisotopic (exact) mass is 302 g/mol. The lowest BCUT2D eigenvalue weighted by Gasteiger charge is -2.13. The van der Waals surface area contributed by atoms with Gasteiger partial charge in [-0.25, -0.2) is 0 Å². The highest BCUT2D eigenvalue weighted by atomic mass is 32.1. The van der Waals surface area contributed by atoms with E-state index < -0.39 is 6.10 Å². The molecule has 0 fully saturated rings. The van der Waals surface area contributed by atoms with E-state index in [1.165, 1.54) is 10.4 Å². The molecule has 110 valence electrons. The predicted octanol–water partition coefficient (Wildman–Crippen LogP) is 2.46. The van der Waals surface area contributed by atoms with Gasteiger partial charge in [0.05, 0.1) is 11.6 Å². The van der Waals surface area contributed by atoms with Crippen molar-refractivity contribution in [2.75, 3.05) is 13.2 Å². The zero-order valence-corrected chi connectivity index (χ0v) is 12.7. The van der Waals surface area contributed by atoms with Crippen LogP contribution in [0.2, 0.25) is 0 Å². The lowest BCUT2D eigenvalue weighted by atomic mass is 10.2. The van der Waals surface area contributed by atoms with Gasteiger partial charge in [-0.1, -0.05) is 6.07 Å². The Morgan fingerprint density at radius 1 is 1.43 bits per heavy atom. The van der Waals surface area contributed by atoms with E-state index in [2.05, 4.69) is 29.8 Å². The van der Waals surface area contributed by atoms with Gasteiger partial charge in [0.1, 0.15) is 18.5 Å². The number of aryl methyl sites for hydroxylation is 1. The molecule has 0 aliphatic rings. The molecule has 1 atom stereocenters. The molecule has 21 heavy (non-hydrogen) atoms. The van der Waals surface area contributed by atoms with Crippen LogP contribution >= 0.6 is 11.3 Å². The second kappa shape index (κ2) is 7.79. The smallest absolute Gasteiger partial charge is 0.120 e. The Morgan fingerprint density at radius 3 is 3.00 bits per heavy atom. The molecular formula is C16H18N2O2S. The van der Waals surface area contributed by atoms with Gasteiger partial charge in [0.25, 0.3) is 0 Å². The molecule has 4 nitrogen and oxygen atoms in total. The molecule has 2 N–H and O–H groups in total. The number of rotatable bonds is 7. The van der Waals surface area contributed by atoms with Crippen molar-refractivity contribution in [3.05, 3.63) is 51.7 Å². The largest absolute Gasteiger partial charge is 0.491 e. The fourth-order valence-corrected chi connectivity index (χ4v) is 2.72. The molecule has 0 bridgehead atoms. The summed E-state index contributed by atoms with van der Waals surface area (Å²) < 4.78 is 5.48. The van der Waals surface area contributed by atoms with Crippen LogP contribution in [0.4, 0.5) is 0 Å². The van der Waals surface area contributed by atoms with Crippen molar-refractivity contribution in [3.63, 3.8) is 0 Å². The van der Waals surface area contributed by atoms with Gasteiger partial charge >= 0.3 is 0 Å². The maximum atomic E-state index is 9.89. The van der Waals surface area contributed by atoms with Crippen molar-refractivity contribution in [1.29, 1.82) is 5.26 Å². The van der Waals surface area contributed by atoms with Gasteiger partial charge in [0.15, 0.2) is 0 Å². The van der Waals surface area contributed by atoms with E-state index in [4.69, 9.17) is 10.00 Å². The highest BCUT2D eigenvalue weighted by Crippen LogP contribution is 2.15. The number of ether oxygens (including phenoxy) is 1. The minimum Gasteiger partial charge on any atom is -0.491 e. The Bertz CT molecular complexity index is 619. The van der Waals surface area contributed by atoms with Crippen molar-refractivity contribution in [2.45, 2.75) is 19.6 Å². The standard InChI is InChI=1S/C16H18N2O2S/c1-12-5-6-21-16(12)10-18-9-14(19)11-20-15-4-2-3-13(7-15)8-17/h2-7,14,18-19H,9-11H2,1H3. The predicted molar refractivity (Wildman–Crippen MR) is 83.4 cm³/mol. The number of hydrogen-bond donors (Lipinski definition) is 2. The molecule has 1 unspecified atom stereocenters. The minimum atomic E-state index is -0.587. The van der Waals surface area contributed by atoms with E-state index in [0.717, 1.165) is 6.54 Å². The summed E-state index contributed by atoms with van der Waals surface area (Å²) in [5, 5.41) is 24.0. The van der Waals surface area contributed by atoms with Gasteiger partial charge in [0, 0.05) is 18.0 Å². The Morgan fingerprint density at radius 2 is 2.29 bits per heavy atom. The first-order valence-corrected chi connectivity index (χ1v) is 7.61. The van der Waals surface area contributed by atoms with Crippen LogP contribution in [0.3, 0.4) is 0 Å². The van der Waals surface area contributed by atoms with E-state index in [1.807, 2.05) is 0 Å². The molecule has 0 aliphatic carbocycles. The summed E-state index contributed by atoms with van der Waals surface area (Å²) in [6.45, 7) is 3.50. The van der Waals surface area contributed by atoms with E-state index in [1.54, 1.807) is 35.6 Å². The van der Waals surface area contributed by atoms with Gasteiger partial charge < -0.3 is 15.2 Å². The van der Waals surface area contributed by atoms with Gasteiger partial charge in [-0.15, -0.1) is 11.3 Å². The van der Waals surface area contributed by atoms with E-state index in [0.29, 0.717) is 17.9 Å². The second-order valence-electron chi connectivity index (χ2n) is 4.76. The van der Waals surface area contributed by atoms with E-state index >= 15 is 0 Å². The third-order valence-corrected chi connectivity index (χ3v) is 4.06. The van der Waals surface area contributed by atoms with Crippen LogP contribution in [0, 0.1) is 18.3 Å². The van der Waals surface area contributed by atoms with E-state index in [-0.39, 0.29) is 6.61 Å². The summed E-state index contributed by atoms with van der Waals surface area (Å²) in [6, 6.07) is 11.1. The maximum absolute atomic E-state index is 9.89. The number of benzene rings is 1. The second-order valence-corrected chi connectivity index (χ2v) is 5.76. The quantitative estimate of drug-likeness (QED) is 0.824. The fourth-order valence-electron chi connectivity index (χ4n) is 1.84. The molecule has 1 heterocycles. The van der Waals surface area contributed by atoms with Crippen molar-refractivity contribution < 1.29 is 9.84 Å². The first-order valence-electron chi connectivity index (χ1n) is 6.73. The van der Waals surface area contributed by atoms with Crippen molar-refractivity contribution in [3.8, 4) is 11.8 Å². The highest BCUT2D eigenvalue weighted by molar-refractivity contribution is 7.10. The van der Waals surface area contributed by atoms with Gasteiger partial charge in [0.2, 0.25) is 0 Å². The van der Waals surface area contributed by atoms with Crippen LogP contribution < -0.4 is 10.1 Å². The lowest BCUT2D eigenvalue weighted by molar-refractivity contribution is 0.106. The summed E-state index contributed by atoms with van der Waals surface area (Å²) in [5.74, 6) is 0.599. The molecule has 5 heteroatoms. The van der Waals surface area contributed by atoms with Crippen LogP contribution in [-0.4, -0.2) is 24.4 Å². The van der Waals surface area contributed by atoms with Crippen molar-refractivity contribution in [1.82, 2.24) is 5.32 Å². The fraction of sp³-hybridized carbons (Fsp3) is 0.312. The summed E-state index contributed by atoms with van der Waals surface area (Å²) in [5.41, 5.74) is 1.82. The van der Waals surface area contributed by atoms with E-state index in [9.17, 15) is 5.11 Å². The van der Waals surface area contributed by atoms with Crippen LogP contribution in [0.1, 0.15) is 16.0 Å². The Hall–Kier alpha value is -1.87. The molecule has 1 aromatic carbocycles. The number of thiophene rings is 1. The molecule has 0 aliphatic heterocycles. The van der Waals surface area contributed by atoms with Gasteiger partial charge in [-0.05, 0) is 42.1 Å². The summed E-state index contributed by atoms with van der Waals surface area (Å²) in [4.78, 5) is 1.28. The third kappa shape index (κ3) is 4.87. The molecule has 2 aromatic rings. The molecule has 0 radical (unpaired) electrons. The molecular weight excluding hydrogens is 284 g/mol. The van der Waals surface area contributed by atoms with Crippen LogP contribution in [0.25, 0.3) is 0 Å². The van der Waals surface area contributed by atoms with Crippen LogP contribution in [-0.2, 0) is 6.54 Å². The molecule has 1 aromatic heterocycles. The zero-order valence-electron chi connectivity index (χ0n) is 11.9. The summed E-state index contributed by atoms with van der Waals surface area (Å²) in [7, 11) is 0. The third-order valence-electron chi connectivity index (χ3n) is 3.04. The minimum absolute atomic E-state index is 0.200. The average molecular weight is 302 g/mol. The van der Waals surface area contributed by atoms with Gasteiger partial charge in [-0.3, -0.25) is 0 Å². The SMILES string of the molecule is Cc1ccsc1CNCC(O)COc1cccc(C#N)c1. The highest BCUT2D eigenvalue weighted by Gasteiger charge is 2.06. The number of aliphatic hydroxyl groups excluding tert-OH is 1. The molecule has 0 saturated carbocycles. The van der Waals surface area contributed by atoms with Crippen LogP contribution in [0.5, 0.6) is 5.75 Å². The Balaban J connectivity index is 1.71. The average Bonchev–Trinajstić information content (AvgIpc) is 2.91.